The molecule has 16 aromatic rings. The van der Waals surface area contributed by atoms with E-state index in [9.17, 15) is 24.0 Å². The molecule has 6 aliphatic heterocycles. The number of anilines is 11. The number of hydrazone groups is 1. The number of aldehydes is 1. The number of nitrogen functional groups attached to an aromatic ring is 1. The number of benzene rings is 1. The highest BCUT2D eigenvalue weighted by atomic mass is 35.5. The molecule has 3 amide bonds. The molecule has 0 aliphatic carbocycles. The summed E-state index contributed by atoms with van der Waals surface area (Å²) >= 11 is 32.1. The molecule has 0 radical (unpaired) electrons. The third kappa shape index (κ3) is 24.7. The fourth-order valence-electron chi connectivity index (χ4n) is 14.7. The maximum absolute atomic E-state index is 12.9. The van der Waals surface area contributed by atoms with Crippen molar-refractivity contribution in [1.82, 2.24) is 74.8 Å². The van der Waals surface area contributed by atoms with Gasteiger partial charge < -0.3 is 78.9 Å². The molecule has 22 rings (SSSR count). The molecule has 712 valence electrons. The number of carbonyl (C=O) groups excluding carboxylic acids is 4. The number of carboxylic acid groups (broad SMARTS) is 1. The Morgan fingerprint density at radius 2 is 0.725 bits per heavy atom. The molecule has 1 aromatic carbocycles. The van der Waals surface area contributed by atoms with Gasteiger partial charge in [-0.05, 0) is 137 Å². The van der Waals surface area contributed by atoms with Gasteiger partial charge in [0.05, 0.1) is 202 Å². The number of nitrogens with two attached hydrogens (primary N) is 1. The van der Waals surface area contributed by atoms with Gasteiger partial charge in [0.2, 0.25) is 33.0 Å². The number of hydrazine groups is 1. The van der Waals surface area contributed by atoms with Crippen molar-refractivity contribution in [3.8, 4) is 0 Å². The number of rotatable bonds is 18. The fourth-order valence-corrected chi connectivity index (χ4v) is 21.1. The van der Waals surface area contributed by atoms with Crippen LogP contribution in [0.15, 0.2) is 145 Å². The number of fused-ring (bicyclic) bond motifs is 6. The molecule has 0 atom stereocenters. The Bertz CT molecular complexity index is 7010. The number of aromatic carboxylic acids is 1. The van der Waals surface area contributed by atoms with Gasteiger partial charge in [-0.1, -0.05) is 29.8 Å². The Kier molecular flexibility index (Phi) is 32.9. The second-order valence-corrected chi connectivity index (χ2v) is 37.9. The molecule has 40 nitrogen and oxygen atoms in total. The lowest BCUT2D eigenvalue weighted by Crippen LogP contribution is -2.37. The van der Waals surface area contributed by atoms with Gasteiger partial charge in [0.1, 0.15) is 4.88 Å². The summed E-state index contributed by atoms with van der Waals surface area (Å²) < 4.78 is 37.6. The maximum atomic E-state index is 12.9. The summed E-state index contributed by atoms with van der Waals surface area (Å²) in [5.74, 6) is 9.31. The SMILES string of the molecule is Cc1cccc(/C=N/Nc2nc(N3CCOCC3)c3sc(C(=O)Nc4cccnc4)cc3n2)c1.Clc1nc(N2CCOCC2)c2sccc2n1.NNc1nc(N2CCOCC2)c2sc(C(=O)Nc3cccnc3)cc2n1.O=C(Nc1cccnc1)c1cc2nc(Cl)nc(N3CCOCC3)c2s1.O=C(O)c1cc2nc(Cl)nc(N3CCOCC3)c2s1.O=Cc1cc2nc(Cl)nc(N3CCOCC3)c2s1. The normalized spacial score (nSPS) is 15.1. The molecule has 8 N–H and O–H groups in total. The van der Waals surface area contributed by atoms with E-state index in [1.54, 1.807) is 115 Å². The van der Waals surface area contributed by atoms with Crippen molar-refractivity contribution in [3.63, 3.8) is 0 Å². The smallest absolute Gasteiger partial charge is 0.345 e. The number of carboxylic acids is 1. The van der Waals surface area contributed by atoms with Gasteiger partial charge in [-0.3, -0.25) is 39.6 Å². The number of morpholine rings is 6. The van der Waals surface area contributed by atoms with E-state index in [1.807, 2.05) is 47.5 Å². The van der Waals surface area contributed by atoms with Crippen LogP contribution < -0.4 is 62.0 Å². The molecular formula is C88H84Cl4N28O12S6. The summed E-state index contributed by atoms with van der Waals surface area (Å²) in [6.07, 6.45) is 12.3. The predicted molar refractivity (Wildman–Crippen MR) is 542 cm³/mol. The zero-order valence-electron chi connectivity index (χ0n) is 73.2. The number of hydrogen-bond donors (Lipinski definition) is 7. The number of aryl methyl sites for hydroxylation is 1. The number of nitrogens with zero attached hydrogens (tertiary/aromatic N) is 22. The number of thiophene rings is 6. The van der Waals surface area contributed by atoms with Crippen LogP contribution in [0.3, 0.4) is 0 Å². The van der Waals surface area contributed by atoms with Crippen LogP contribution in [0.5, 0.6) is 0 Å². The monoisotopic (exact) mass is 2060 g/mol. The second kappa shape index (κ2) is 46.7. The molecule has 21 heterocycles. The van der Waals surface area contributed by atoms with Crippen LogP contribution in [-0.2, 0) is 28.4 Å². The summed E-state index contributed by atoms with van der Waals surface area (Å²) in [4.78, 5) is 139. The zero-order valence-corrected chi connectivity index (χ0v) is 81.1. The van der Waals surface area contributed by atoms with Crippen molar-refractivity contribution in [2.45, 2.75) is 6.92 Å². The lowest BCUT2D eigenvalue weighted by molar-refractivity contribution is 0.0701. The summed E-state index contributed by atoms with van der Waals surface area (Å²) in [5, 5.41) is 24.7. The van der Waals surface area contributed by atoms with Gasteiger partial charge in [0, 0.05) is 97.1 Å². The van der Waals surface area contributed by atoms with Crippen molar-refractivity contribution < 1.29 is 57.5 Å². The van der Waals surface area contributed by atoms with E-state index in [-0.39, 0.29) is 38.4 Å². The first kappa shape index (κ1) is 97.1. The van der Waals surface area contributed by atoms with Crippen molar-refractivity contribution in [2.75, 3.05) is 214 Å². The van der Waals surface area contributed by atoms with Crippen molar-refractivity contribution in [2.24, 2.45) is 10.9 Å². The van der Waals surface area contributed by atoms with E-state index < -0.39 is 5.97 Å². The van der Waals surface area contributed by atoms with E-state index >= 15 is 0 Å². The van der Waals surface area contributed by atoms with Gasteiger partial charge in [-0.25, -0.2) is 46.0 Å². The van der Waals surface area contributed by atoms with Gasteiger partial charge in [0.15, 0.2) is 41.2 Å². The Labute approximate surface area is 829 Å². The van der Waals surface area contributed by atoms with Crippen LogP contribution >= 0.6 is 114 Å². The Morgan fingerprint density at radius 1 is 0.391 bits per heavy atom. The number of halogens is 4. The third-order valence-electron chi connectivity index (χ3n) is 21.1. The van der Waals surface area contributed by atoms with Gasteiger partial charge >= 0.3 is 5.97 Å². The highest BCUT2D eigenvalue weighted by Gasteiger charge is 2.29. The molecule has 0 saturated carbocycles. The van der Waals surface area contributed by atoms with Crippen LogP contribution in [0.2, 0.25) is 21.1 Å². The minimum absolute atomic E-state index is 0.128. The Hall–Kier alpha value is -12.6. The van der Waals surface area contributed by atoms with Gasteiger partial charge in [0.25, 0.3) is 17.7 Å². The number of nitrogens with one attached hydrogen (secondary N) is 5. The highest BCUT2D eigenvalue weighted by molar-refractivity contribution is 7.23. The van der Waals surface area contributed by atoms with Crippen LogP contribution in [0, 0.1) is 6.92 Å². The Morgan fingerprint density at radius 3 is 1.09 bits per heavy atom. The average molecular weight is 2060 g/mol. The first-order valence-corrected chi connectivity index (χ1v) is 49.4. The maximum Gasteiger partial charge on any atom is 0.345 e. The molecule has 0 unspecified atom stereocenters. The molecule has 0 bridgehead atoms. The van der Waals surface area contributed by atoms with Crippen LogP contribution in [-0.4, -0.2) is 274 Å². The van der Waals surface area contributed by atoms with Crippen LogP contribution in [0.25, 0.3) is 61.3 Å². The molecule has 50 heteroatoms. The summed E-state index contributed by atoms with van der Waals surface area (Å²) in [6, 6.07) is 29.2. The molecule has 0 spiro atoms. The summed E-state index contributed by atoms with van der Waals surface area (Å²) in [7, 11) is 0. The fraction of sp³-hybridized carbons (Fsp3) is 0.284. The lowest BCUT2D eigenvalue weighted by Gasteiger charge is -2.28. The zero-order chi connectivity index (χ0) is 95.4. The van der Waals surface area contributed by atoms with Crippen LogP contribution in [0.4, 0.5) is 63.9 Å². The molecule has 6 saturated heterocycles. The first-order chi connectivity index (χ1) is 67.4. The largest absolute Gasteiger partial charge is 0.477 e. The predicted octanol–water partition coefficient (Wildman–Crippen LogP) is 14.3. The van der Waals surface area contributed by atoms with Crippen molar-refractivity contribution in [3.05, 3.63) is 196 Å². The number of ether oxygens (including phenoxy) is 6. The van der Waals surface area contributed by atoms with Gasteiger partial charge in [-0.15, -0.1) is 68.0 Å². The Balaban J connectivity index is 0.000000117. The molecule has 15 aromatic heterocycles. The third-order valence-corrected chi connectivity index (χ3v) is 28.2. The standard InChI is InChI=1S/C24H23N7O2S.C16H14ClN5O2S.C16H17N7O2S.C11H10ClN3O3S.C11H10ClN3O2S.C10H10ClN3OS/c1-16-4-2-5-17(12-16)14-26-30-24-28-19-13-20(23(32)27-18-6-3-7-25-15-18)34-21(19)22(29-24)31-8-10-33-11-9-31;17-16-20-11-8-12(15(23)19-10-2-1-3-18-9-10)25-13(11)14(21-16)22-4-6-24-7-5-22;17-22-16-20-11-8-12(15(24)19-10-2-1-3-18-9-10)26-13(11)14(21-16)23-4-6-25-7-5-23;12-11-13-6-5-7(10(16)17)19-8(6)9(14-11)15-1-3-18-4-2-15;12-11-13-8-5-7(6-16)18-9(8)10(14-11)15-1-3-17-4-2-15;11-10-12-7-1-6-16-8(7)9(13-10)14-2-4-15-5-3-14/h2-7,12-15H,8-11H2,1H3,(H,27,32)(H,28,29,30);1-3,8-9H,4-7H2,(H,19,23);1-3,8-9H,4-7,17H2,(H,19,24)(H,20,21,22);5H,1-4H2,(H,16,17);5-6H,1-4H2;1,6H,2-5H2/b26-14+;;;;;. The number of carbonyl (C=O) groups is 5. The van der Waals surface area contributed by atoms with E-state index in [1.165, 1.54) is 62.8 Å². The van der Waals surface area contributed by atoms with Crippen molar-refractivity contribution >= 4 is 276 Å². The molecule has 6 fully saturated rings. The number of aromatic nitrogens is 15. The van der Waals surface area contributed by atoms with Crippen molar-refractivity contribution in [1.29, 1.82) is 0 Å². The summed E-state index contributed by atoms with van der Waals surface area (Å²) in [5.41, 5.74) is 13.7. The van der Waals surface area contributed by atoms with Crippen LogP contribution in [0.1, 0.15) is 59.5 Å². The topological polar surface area (TPSA) is 472 Å². The highest BCUT2D eigenvalue weighted by Crippen LogP contribution is 2.40. The number of amides is 3. The minimum Gasteiger partial charge on any atom is -0.477 e. The number of pyridine rings is 3. The van der Waals surface area contributed by atoms with E-state index in [4.69, 9.17) is 90.8 Å². The first-order valence-electron chi connectivity index (χ1n) is 42.9. The van der Waals surface area contributed by atoms with E-state index in [0.717, 1.165) is 151 Å². The average Bonchev–Trinajstić information content (AvgIpc) is 1.69. The molecule has 6 aliphatic rings. The molecule has 138 heavy (non-hydrogen) atoms. The number of hydrogen-bond acceptors (Lipinski definition) is 42. The molecular weight excluding hydrogens is 1980 g/mol. The van der Waals surface area contributed by atoms with E-state index in [0.29, 0.717) is 174 Å². The quantitative estimate of drug-likeness (QED) is 0.0138. The van der Waals surface area contributed by atoms with E-state index in [2.05, 4.69) is 126 Å². The summed E-state index contributed by atoms with van der Waals surface area (Å²) in [6.45, 7) is 19.0. The second-order valence-electron chi connectivity index (χ2n) is 30.3. The lowest BCUT2D eigenvalue weighted by atomic mass is 10.2. The minimum atomic E-state index is -0.966. The van der Waals surface area contributed by atoms with Gasteiger partial charge in [-0.2, -0.15) is 35.0 Å².